The summed E-state index contributed by atoms with van der Waals surface area (Å²) in [6, 6.07) is 10.6. The van der Waals surface area contributed by atoms with Crippen molar-refractivity contribution in [1.82, 2.24) is 0 Å². The minimum Gasteiger partial charge on any atom is -0.298 e. The van der Waals surface area contributed by atoms with Crippen LogP contribution in [-0.4, -0.2) is 6.29 Å². The summed E-state index contributed by atoms with van der Waals surface area (Å²) < 4.78 is 0. The molecule has 1 aromatic carbocycles. The maximum atomic E-state index is 10.7. The summed E-state index contributed by atoms with van der Waals surface area (Å²) in [5.41, 5.74) is 2.36. The Kier molecular flexibility index (Phi) is 3.00. The molecule has 0 N–H and O–H groups in total. The Morgan fingerprint density at radius 3 is 2.60 bits per heavy atom. The number of aldehydes is 1. The Morgan fingerprint density at radius 2 is 2.00 bits per heavy atom. The van der Waals surface area contributed by atoms with E-state index in [0.717, 1.165) is 24.7 Å². The Morgan fingerprint density at radius 1 is 1.27 bits per heavy atom. The standard InChI is InChI=1S/C14H16O/c1-11-9-12(10-15)7-8-14(11)13-5-3-2-4-6-13/h2-6,9-11,14H,7-8H2,1H3. The Labute approximate surface area is 90.8 Å². The third-order valence-electron chi connectivity index (χ3n) is 3.23. The summed E-state index contributed by atoms with van der Waals surface area (Å²) in [5.74, 6) is 1.05. The lowest BCUT2D eigenvalue weighted by Crippen LogP contribution is -2.13. The summed E-state index contributed by atoms with van der Waals surface area (Å²) >= 11 is 0. The van der Waals surface area contributed by atoms with Gasteiger partial charge in [0.15, 0.2) is 0 Å². The number of hydrogen-bond donors (Lipinski definition) is 0. The zero-order valence-electron chi connectivity index (χ0n) is 9.02. The van der Waals surface area contributed by atoms with Gasteiger partial charge in [-0.25, -0.2) is 0 Å². The zero-order chi connectivity index (χ0) is 10.7. The molecule has 0 aliphatic heterocycles. The summed E-state index contributed by atoms with van der Waals surface area (Å²) in [6.45, 7) is 2.19. The van der Waals surface area contributed by atoms with Crippen LogP contribution in [0.5, 0.6) is 0 Å². The van der Waals surface area contributed by atoms with Crippen molar-refractivity contribution in [1.29, 1.82) is 0 Å². The highest BCUT2D eigenvalue weighted by atomic mass is 16.1. The highest BCUT2D eigenvalue weighted by Crippen LogP contribution is 2.35. The molecule has 15 heavy (non-hydrogen) atoms. The molecular weight excluding hydrogens is 184 g/mol. The third-order valence-corrected chi connectivity index (χ3v) is 3.23. The fraction of sp³-hybridized carbons (Fsp3) is 0.357. The normalized spacial score (nSPS) is 25.8. The van der Waals surface area contributed by atoms with Crippen molar-refractivity contribution in [3.63, 3.8) is 0 Å². The van der Waals surface area contributed by atoms with Gasteiger partial charge in [-0.1, -0.05) is 43.3 Å². The molecule has 1 aromatic rings. The van der Waals surface area contributed by atoms with Crippen molar-refractivity contribution >= 4 is 6.29 Å². The number of hydrogen-bond acceptors (Lipinski definition) is 1. The largest absolute Gasteiger partial charge is 0.298 e. The smallest absolute Gasteiger partial charge is 0.145 e. The van der Waals surface area contributed by atoms with Crippen LogP contribution in [0.4, 0.5) is 0 Å². The van der Waals surface area contributed by atoms with Crippen LogP contribution in [0.3, 0.4) is 0 Å². The predicted octanol–water partition coefficient (Wildman–Crippen LogP) is 3.33. The molecule has 0 aromatic heterocycles. The van der Waals surface area contributed by atoms with Gasteiger partial charge in [-0.05, 0) is 35.8 Å². The highest BCUT2D eigenvalue weighted by Gasteiger charge is 2.22. The molecular formula is C14H16O. The SMILES string of the molecule is CC1C=C(C=O)CCC1c1ccccc1. The van der Waals surface area contributed by atoms with E-state index in [1.807, 2.05) is 6.07 Å². The van der Waals surface area contributed by atoms with Gasteiger partial charge in [0.1, 0.15) is 6.29 Å². The minimum atomic E-state index is 0.473. The molecule has 0 bridgehead atoms. The Hall–Kier alpha value is -1.37. The van der Waals surface area contributed by atoms with Gasteiger partial charge in [0.25, 0.3) is 0 Å². The van der Waals surface area contributed by atoms with Gasteiger partial charge in [-0.15, -0.1) is 0 Å². The number of rotatable bonds is 2. The van der Waals surface area contributed by atoms with Crippen LogP contribution in [0.1, 0.15) is 31.2 Å². The zero-order valence-corrected chi connectivity index (χ0v) is 9.02. The van der Waals surface area contributed by atoms with E-state index < -0.39 is 0 Å². The molecule has 0 heterocycles. The van der Waals surface area contributed by atoms with Crippen molar-refractivity contribution < 1.29 is 4.79 Å². The van der Waals surface area contributed by atoms with Crippen molar-refractivity contribution in [2.45, 2.75) is 25.7 Å². The highest BCUT2D eigenvalue weighted by molar-refractivity contribution is 5.73. The first-order valence-electron chi connectivity index (χ1n) is 5.52. The first-order chi connectivity index (χ1) is 7.31. The van der Waals surface area contributed by atoms with Gasteiger partial charge in [0.2, 0.25) is 0 Å². The molecule has 0 saturated heterocycles. The maximum absolute atomic E-state index is 10.7. The Balaban J connectivity index is 2.20. The molecule has 0 spiro atoms. The second-order valence-electron chi connectivity index (χ2n) is 4.27. The van der Waals surface area contributed by atoms with Crippen molar-refractivity contribution in [3.8, 4) is 0 Å². The van der Waals surface area contributed by atoms with Crippen LogP contribution in [0.25, 0.3) is 0 Å². The molecule has 2 rings (SSSR count). The fourth-order valence-corrected chi connectivity index (χ4v) is 2.39. The van der Waals surface area contributed by atoms with Gasteiger partial charge in [0, 0.05) is 0 Å². The van der Waals surface area contributed by atoms with Gasteiger partial charge >= 0.3 is 0 Å². The van der Waals surface area contributed by atoms with Crippen LogP contribution < -0.4 is 0 Å². The average molecular weight is 200 g/mol. The number of benzene rings is 1. The molecule has 0 amide bonds. The van der Waals surface area contributed by atoms with Crippen molar-refractivity contribution in [2.75, 3.05) is 0 Å². The number of carbonyl (C=O) groups is 1. The van der Waals surface area contributed by atoms with Gasteiger partial charge < -0.3 is 0 Å². The number of carbonyl (C=O) groups excluding carboxylic acids is 1. The van der Waals surface area contributed by atoms with Gasteiger partial charge in [-0.3, -0.25) is 4.79 Å². The summed E-state index contributed by atoms with van der Waals surface area (Å²) in [5, 5.41) is 0. The topological polar surface area (TPSA) is 17.1 Å². The van der Waals surface area contributed by atoms with Crippen LogP contribution in [-0.2, 0) is 4.79 Å². The first-order valence-corrected chi connectivity index (χ1v) is 5.52. The van der Waals surface area contributed by atoms with E-state index in [1.54, 1.807) is 0 Å². The molecule has 1 heteroatoms. The summed E-state index contributed by atoms with van der Waals surface area (Å²) in [6.07, 6.45) is 5.13. The fourth-order valence-electron chi connectivity index (χ4n) is 2.39. The summed E-state index contributed by atoms with van der Waals surface area (Å²) in [4.78, 5) is 10.7. The molecule has 0 radical (unpaired) electrons. The predicted molar refractivity (Wildman–Crippen MR) is 61.7 cm³/mol. The lowest BCUT2D eigenvalue weighted by Gasteiger charge is -2.26. The average Bonchev–Trinajstić information content (AvgIpc) is 2.30. The molecule has 1 nitrogen and oxygen atoms in total. The molecule has 78 valence electrons. The van der Waals surface area contributed by atoms with E-state index in [4.69, 9.17) is 0 Å². The van der Waals surface area contributed by atoms with Crippen LogP contribution in [0, 0.1) is 5.92 Å². The van der Waals surface area contributed by atoms with Crippen LogP contribution in [0.15, 0.2) is 42.0 Å². The molecule has 1 aliphatic carbocycles. The quantitative estimate of drug-likeness (QED) is 0.669. The molecule has 2 atom stereocenters. The molecule has 0 saturated carbocycles. The maximum Gasteiger partial charge on any atom is 0.145 e. The van der Waals surface area contributed by atoms with E-state index in [0.29, 0.717) is 11.8 Å². The van der Waals surface area contributed by atoms with E-state index in [2.05, 4.69) is 37.3 Å². The lowest BCUT2D eigenvalue weighted by molar-refractivity contribution is -0.105. The molecule has 1 aliphatic rings. The monoisotopic (exact) mass is 200 g/mol. The van der Waals surface area contributed by atoms with Crippen molar-refractivity contribution in [3.05, 3.63) is 47.5 Å². The van der Waals surface area contributed by atoms with Crippen LogP contribution in [0.2, 0.25) is 0 Å². The third kappa shape index (κ3) is 2.17. The second kappa shape index (κ2) is 4.43. The van der Waals surface area contributed by atoms with E-state index in [-0.39, 0.29) is 0 Å². The van der Waals surface area contributed by atoms with E-state index >= 15 is 0 Å². The summed E-state index contributed by atoms with van der Waals surface area (Å²) in [7, 11) is 0. The van der Waals surface area contributed by atoms with Crippen LogP contribution >= 0.6 is 0 Å². The van der Waals surface area contributed by atoms with E-state index in [9.17, 15) is 4.79 Å². The second-order valence-corrected chi connectivity index (χ2v) is 4.27. The molecule has 2 unspecified atom stereocenters. The van der Waals surface area contributed by atoms with Gasteiger partial charge in [0.05, 0.1) is 0 Å². The first kappa shape index (κ1) is 10.2. The minimum absolute atomic E-state index is 0.473. The van der Waals surface area contributed by atoms with Gasteiger partial charge in [-0.2, -0.15) is 0 Å². The Bertz CT molecular complexity index is 364. The van der Waals surface area contributed by atoms with Crippen molar-refractivity contribution in [2.24, 2.45) is 5.92 Å². The number of allylic oxidation sites excluding steroid dienone is 2. The van der Waals surface area contributed by atoms with E-state index in [1.165, 1.54) is 5.56 Å². The molecule has 0 fully saturated rings. The lowest BCUT2D eigenvalue weighted by atomic mass is 9.78.